The molecule has 2 aromatic carbocycles. The number of terminal acetylenes is 1. The molecule has 0 spiro atoms. The lowest BCUT2D eigenvalue weighted by atomic mass is 9.95. The molecular formula is C35H34F3N5O2. The number of rotatable bonds is 4. The number of ether oxygens (including phenoxy) is 1. The Kier molecular flexibility index (Phi) is 6.79. The summed E-state index contributed by atoms with van der Waals surface area (Å²) in [5.74, 6) is 1.55. The molecule has 4 aromatic rings. The average molecular weight is 614 g/mol. The van der Waals surface area contributed by atoms with Crippen LogP contribution in [0.2, 0.25) is 0 Å². The average Bonchev–Trinajstić information content (AvgIpc) is 3.38. The highest BCUT2D eigenvalue weighted by Gasteiger charge is 2.49. The van der Waals surface area contributed by atoms with E-state index in [-0.39, 0.29) is 46.7 Å². The number of fused-ring (bicyclic) bond motifs is 4. The van der Waals surface area contributed by atoms with E-state index in [1.54, 1.807) is 0 Å². The minimum absolute atomic E-state index is 0.0291. The normalized spacial score (nSPS) is 24.7. The molecule has 6 heterocycles. The molecule has 0 aliphatic carbocycles. The maximum Gasteiger partial charge on any atom is 0.319 e. The number of hydrogen-bond acceptors (Lipinski definition) is 7. The summed E-state index contributed by atoms with van der Waals surface area (Å²) in [6.07, 6.45) is 12.6. The van der Waals surface area contributed by atoms with Gasteiger partial charge in [-0.3, -0.25) is 4.90 Å². The van der Waals surface area contributed by atoms with E-state index in [1.165, 1.54) is 24.3 Å². The van der Waals surface area contributed by atoms with Crippen LogP contribution in [0.5, 0.6) is 11.8 Å². The highest BCUT2D eigenvalue weighted by molar-refractivity contribution is 6.03. The van der Waals surface area contributed by atoms with Crippen molar-refractivity contribution >= 4 is 27.5 Å². The lowest BCUT2D eigenvalue weighted by molar-refractivity contribution is 0.107. The molecule has 8 rings (SSSR count). The molecule has 3 saturated heterocycles. The quantitative estimate of drug-likeness (QED) is 0.265. The third kappa shape index (κ3) is 4.58. The number of aromatic nitrogens is 3. The molecule has 232 valence electrons. The number of phenolic OH excluding ortho intramolecular Hbond substituents is 1. The van der Waals surface area contributed by atoms with Crippen molar-refractivity contribution < 1.29 is 23.0 Å². The van der Waals surface area contributed by atoms with E-state index in [0.29, 0.717) is 47.1 Å². The van der Waals surface area contributed by atoms with Crippen LogP contribution < -0.4 is 9.64 Å². The molecule has 7 nitrogen and oxygen atoms in total. The van der Waals surface area contributed by atoms with Gasteiger partial charge in [0.1, 0.15) is 41.4 Å². The van der Waals surface area contributed by atoms with Gasteiger partial charge in [0.2, 0.25) is 0 Å². The molecule has 1 N–H and O–H groups in total. The van der Waals surface area contributed by atoms with Gasteiger partial charge in [-0.15, -0.1) is 6.42 Å². The van der Waals surface area contributed by atoms with Gasteiger partial charge in [-0.05, 0) is 68.7 Å². The van der Waals surface area contributed by atoms with Crippen molar-refractivity contribution in [3.63, 3.8) is 0 Å². The molecule has 4 aliphatic rings. The first-order chi connectivity index (χ1) is 21.8. The molecule has 3 atom stereocenters. The number of pyridine rings is 1. The molecule has 0 saturated carbocycles. The summed E-state index contributed by atoms with van der Waals surface area (Å²) < 4.78 is 52.7. The summed E-state index contributed by atoms with van der Waals surface area (Å²) in [7, 11) is 0. The molecule has 0 amide bonds. The standard InChI is InChI=1S/C35H34F3N5O2/c1-2-24-26(37)10-8-20-15-23(44)16-25(28(20)24)31-30(38)32-29-27(39-31)11-9-22-7-4-3-5-14-43(22)33(29)41-34(40-32)45-19-35-12-6-13-42(35)18-21(36)17-35/h1,8,10,15-16,21-22,44H,3-7,9,11-14,17-19H2/t21-,22?,35?/m1/s1. The van der Waals surface area contributed by atoms with Gasteiger partial charge < -0.3 is 14.7 Å². The molecule has 0 radical (unpaired) electrons. The van der Waals surface area contributed by atoms with Gasteiger partial charge in [-0.25, -0.2) is 18.2 Å². The van der Waals surface area contributed by atoms with E-state index < -0.39 is 23.3 Å². The minimum Gasteiger partial charge on any atom is -0.508 e. The Morgan fingerprint density at radius 2 is 1.93 bits per heavy atom. The molecule has 10 heteroatoms. The molecule has 2 unspecified atom stereocenters. The lowest BCUT2D eigenvalue weighted by Crippen LogP contribution is -2.43. The zero-order valence-corrected chi connectivity index (χ0v) is 25.0. The molecule has 3 fully saturated rings. The topological polar surface area (TPSA) is 74.6 Å². The van der Waals surface area contributed by atoms with Crippen molar-refractivity contribution in [1.82, 2.24) is 19.9 Å². The van der Waals surface area contributed by atoms with Crippen molar-refractivity contribution in [2.45, 2.75) is 75.5 Å². The Labute approximate surface area is 259 Å². The summed E-state index contributed by atoms with van der Waals surface area (Å²) in [6.45, 7) is 2.22. The molecule has 4 aliphatic heterocycles. The smallest absolute Gasteiger partial charge is 0.319 e. The summed E-state index contributed by atoms with van der Waals surface area (Å²) >= 11 is 0. The second-order valence-electron chi connectivity index (χ2n) is 13.0. The third-order valence-corrected chi connectivity index (χ3v) is 10.4. The van der Waals surface area contributed by atoms with E-state index >= 15 is 4.39 Å². The van der Waals surface area contributed by atoms with Crippen LogP contribution in [0.15, 0.2) is 24.3 Å². The first-order valence-electron chi connectivity index (χ1n) is 16.0. The molecular weight excluding hydrogens is 579 g/mol. The van der Waals surface area contributed by atoms with Crippen molar-refractivity contribution in [1.29, 1.82) is 0 Å². The molecule has 2 aromatic heterocycles. The number of aryl methyl sites for hydroxylation is 1. The second-order valence-corrected chi connectivity index (χ2v) is 13.0. The minimum atomic E-state index is -0.905. The number of nitrogens with zero attached hydrogens (tertiary/aromatic N) is 5. The summed E-state index contributed by atoms with van der Waals surface area (Å²) in [4.78, 5) is 18.9. The predicted molar refractivity (Wildman–Crippen MR) is 166 cm³/mol. The van der Waals surface area contributed by atoms with Crippen LogP contribution in [0.1, 0.15) is 62.6 Å². The largest absolute Gasteiger partial charge is 0.508 e. The van der Waals surface area contributed by atoms with E-state index in [1.807, 2.05) is 0 Å². The van der Waals surface area contributed by atoms with Crippen LogP contribution in [-0.4, -0.2) is 69.0 Å². The molecule has 45 heavy (non-hydrogen) atoms. The van der Waals surface area contributed by atoms with E-state index in [4.69, 9.17) is 21.1 Å². The first kappa shape index (κ1) is 28.4. The Morgan fingerprint density at radius 3 is 2.80 bits per heavy atom. The Hall–Kier alpha value is -4.10. The SMILES string of the molecule is C#Cc1c(F)ccc2cc(O)cc(-c3nc4c5c(nc(OCC67CCCN6C[C@H](F)C7)nc5c3F)N3CCCCCC3CC4)c12. The second kappa shape index (κ2) is 10.8. The predicted octanol–water partition coefficient (Wildman–Crippen LogP) is 6.46. The summed E-state index contributed by atoms with van der Waals surface area (Å²) in [6, 6.07) is 5.83. The number of aromatic hydroxyl groups is 1. The highest BCUT2D eigenvalue weighted by Crippen LogP contribution is 2.44. The lowest BCUT2D eigenvalue weighted by Gasteiger charge is -2.32. The summed E-state index contributed by atoms with van der Waals surface area (Å²) in [5.41, 5.74) is 0.381. The highest BCUT2D eigenvalue weighted by atomic mass is 19.1. The van der Waals surface area contributed by atoms with Crippen LogP contribution in [0.25, 0.3) is 32.9 Å². The maximum absolute atomic E-state index is 17.0. The number of alkyl halides is 1. The van der Waals surface area contributed by atoms with Crippen molar-refractivity contribution in [3.8, 4) is 35.4 Å². The fourth-order valence-corrected chi connectivity index (χ4v) is 8.30. The fourth-order valence-electron chi connectivity index (χ4n) is 8.30. The van der Waals surface area contributed by atoms with E-state index in [2.05, 4.69) is 20.7 Å². The molecule has 0 bridgehead atoms. The van der Waals surface area contributed by atoms with Gasteiger partial charge in [-0.2, -0.15) is 9.97 Å². The first-order valence-corrected chi connectivity index (χ1v) is 16.0. The Morgan fingerprint density at radius 1 is 1.04 bits per heavy atom. The number of hydrogen-bond donors (Lipinski definition) is 1. The van der Waals surface area contributed by atoms with E-state index in [0.717, 1.165) is 58.0 Å². The Bertz CT molecular complexity index is 1890. The van der Waals surface area contributed by atoms with Crippen LogP contribution in [0, 0.1) is 24.0 Å². The van der Waals surface area contributed by atoms with Gasteiger partial charge in [0.25, 0.3) is 0 Å². The van der Waals surface area contributed by atoms with Crippen LogP contribution in [0.4, 0.5) is 19.0 Å². The fraction of sp³-hybridized carbons (Fsp3) is 0.457. The zero-order valence-electron chi connectivity index (χ0n) is 25.0. The number of phenols is 1. The van der Waals surface area contributed by atoms with E-state index in [9.17, 15) is 13.9 Å². The van der Waals surface area contributed by atoms with Crippen molar-refractivity contribution in [2.75, 3.05) is 31.1 Å². The van der Waals surface area contributed by atoms with Crippen molar-refractivity contribution in [2.24, 2.45) is 0 Å². The maximum atomic E-state index is 17.0. The van der Waals surface area contributed by atoms with Gasteiger partial charge in [0, 0.05) is 36.5 Å². The van der Waals surface area contributed by atoms with Gasteiger partial charge >= 0.3 is 6.01 Å². The van der Waals surface area contributed by atoms with Crippen LogP contribution in [-0.2, 0) is 6.42 Å². The number of halogens is 3. The van der Waals surface area contributed by atoms with Crippen LogP contribution in [0.3, 0.4) is 0 Å². The number of anilines is 1. The summed E-state index contributed by atoms with van der Waals surface area (Å²) in [5, 5.41) is 11.9. The van der Waals surface area contributed by atoms with Gasteiger partial charge in [0.05, 0.1) is 22.2 Å². The monoisotopic (exact) mass is 613 g/mol. The Balaban J connectivity index is 1.33. The van der Waals surface area contributed by atoms with Gasteiger partial charge in [-0.1, -0.05) is 24.8 Å². The zero-order chi connectivity index (χ0) is 30.9. The van der Waals surface area contributed by atoms with Crippen molar-refractivity contribution in [3.05, 3.63) is 47.2 Å². The third-order valence-electron chi connectivity index (χ3n) is 10.4. The van der Waals surface area contributed by atoms with Gasteiger partial charge in [0.15, 0.2) is 5.82 Å². The number of benzene rings is 2. The van der Waals surface area contributed by atoms with Crippen LogP contribution >= 0.6 is 0 Å².